The molecule has 0 spiro atoms. The van der Waals surface area contributed by atoms with Crippen LogP contribution >= 0.6 is 0 Å². The first kappa shape index (κ1) is 19.5. The predicted molar refractivity (Wildman–Crippen MR) is 92.3 cm³/mol. The van der Waals surface area contributed by atoms with Crippen LogP contribution in [0.1, 0.15) is 32.1 Å². The van der Waals surface area contributed by atoms with E-state index in [1.165, 1.54) is 12.2 Å². The summed E-state index contributed by atoms with van der Waals surface area (Å²) >= 11 is 0. The summed E-state index contributed by atoms with van der Waals surface area (Å²) in [6.07, 6.45) is 10.0. The highest BCUT2D eigenvalue weighted by atomic mass is 16.2. The molecule has 0 aromatic carbocycles. The maximum Gasteiger partial charge on any atom is 0.224 e. The van der Waals surface area contributed by atoms with Crippen LogP contribution in [0, 0.1) is 0 Å². The highest BCUT2D eigenvalue weighted by Crippen LogP contribution is 2.05. The third-order valence-electron chi connectivity index (χ3n) is 3.65. The van der Waals surface area contributed by atoms with E-state index in [-0.39, 0.29) is 17.5 Å². The Morgan fingerprint density at radius 2 is 1.58 bits per heavy atom. The van der Waals surface area contributed by atoms with E-state index in [0.717, 1.165) is 0 Å². The average molecular weight is 331 g/mol. The number of amides is 1. The highest BCUT2D eigenvalue weighted by molar-refractivity contribution is 5.89. The summed E-state index contributed by atoms with van der Waals surface area (Å²) in [5.41, 5.74) is 0. The van der Waals surface area contributed by atoms with E-state index in [9.17, 15) is 14.4 Å². The van der Waals surface area contributed by atoms with E-state index in [1.54, 1.807) is 17.4 Å². The second-order valence-electron chi connectivity index (χ2n) is 5.48. The van der Waals surface area contributed by atoms with Gasteiger partial charge in [-0.1, -0.05) is 13.2 Å². The van der Waals surface area contributed by atoms with E-state index in [4.69, 9.17) is 0 Å². The molecule has 1 aromatic heterocycles. The van der Waals surface area contributed by atoms with Gasteiger partial charge in [-0.05, 0) is 25.0 Å². The van der Waals surface area contributed by atoms with Crippen LogP contribution in [0.25, 0.3) is 0 Å². The Hall–Kier alpha value is -2.50. The quantitative estimate of drug-likeness (QED) is 0.519. The van der Waals surface area contributed by atoms with Crippen molar-refractivity contribution in [1.29, 1.82) is 0 Å². The van der Waals surface area contributed by atoms with Crippen LogP contribution in [0.4, 0.5) is 0 Å². The molecule has 1 heterocycles. The molecule has 6 nitrogen and oxygen atoms in total. The molecule has 0 radical (unpaired) electrons. The number of allylic oxidation sites excluding steroid dienone is 2. The normalized spacial score (nSPS) is 10.2. The van der Waals surface area contributed by atoms with Crippen molar-refractivity contribution in [2.45, 2.75) is 38.6 Å². The third kappa shape index (κ3) is 7.67. The van der Waals surface area contributed by atoms with Crippen LogP contribution in [0.5, 0.6) is 0 Å². The van der Waals surface area contributed by atoms with E-state index in [0.29, 0.717) is 51.7 Å². The van der Waals surface area contributed by atoms with Gasteiger partial charge in [-0.25, -0.2) is 4.98 Å². The fourth-order valence-corrected chi connectivity index (χ4v) is 2.26. The molecule has 1 rings (SSSR count). The van der Waals surface area contributed by atoms with Crippen LogP contribution in [0.15, 0.2) is 44.0 Å². The summed E-state index contributed by atoms with van der Waals surface area (Å²) < 4.78 is 1.85. The van der Waals surface area contributed by atoms with E-state index in [2.05, 4.69) is 18.1 Å². The van der Waals surface area contributed by atoms with Gasteiger partial charge in [-0.2, -0.15) is 0 Å². The first-order valence-corrected chi connectivity index (χ1v) is 8.11. The molecular weight excluding hydrogens is 306 g/mol. The summed E-state index contributed by atoms with van der Waals surface area (Å²) in [6, 6.07) is 0. The van der Waals surface area contributed by atoms with Crippen molar-refractivity contribution in [3.63, 3.8) is 0 Å². The number of nitrogens with zero attached hydrogens (tertiary/aromatic N) is 3. The number of rotatable bonds is 13. The van der Waals surface area contributed by atoms with Gasteiger partial charge < -0.3 is 9.47 Å². The van der Waals surface area contributed by atoms with Crippen LogP contribution in [-0.4, -0.2) is 45.0 Å². The minimum absolute atomic E-state index is 0.0146. The maximum atomic E-state index is 12.4. The average Bonchev–Trinajstić information content (AvgIpc) is 3.11. The highest BCUT2D eigenvalue weighted by Gasteiger charge is 2.14. The number of aryl methyl sites for hydroxylation is 1. The van der Waals surface area contributed by atoms with Gasteiger partial charge in [-0.3, -0.25) is 14.4 Å². The van der Waals surface area contributed by atoms with Crippen molar-refractivity contribution in [2.75, 3.05) is 13.1 Å². The topological polar surface area (TPSA) is 72.3 Å². The molecule has 24 heavy (non-hydrogen) atoms. The molecule has 130 valence electrons. The van der Waals surface area contributed by atoms with Crippen LogP contribution in [0.2, 0.25) is 0 Å². The number of carbonyl (C=O) groups is 3. The first-order valence-electron chi connectivity index (χ1n) is 8.11. The van der Waals surface area contributed by atoms with Crippen molar-refractivity contribution in [2.24, 2.45) is 0 Å². The van der Waals surface area contributed by atoms with Crippen molar-refractivity contribution in [3.8, 4) is 0 Å². The SMILES string of the molecule is C=CC(=O)CCCN(CCCC(=O)C=C)C(=O)CCn1ccnc1. The zero-order chi connectivity index (χ0) is 17.8. The van der Waals surface area contributed by atoms with E-state index >= 15 is 0 Å². The summed E-state index contributed by atoms with van der Waals surface area (Å²) in [4.78, 5) is 40.7. The van der Waals surface area contributed by atoms with E-state index < -0.39 is 0 Å². The Labute approximate surface area is 142 Å². The molecular formula is C18H25N3O3. The zero-order valence-electron chi connectivity index (χ0n) is 14.0. The Morgan fingerprint density at radius 3 is 2.04 bits per heavy atom. The third-order valence-corrected chi connectivity index (χ3v) is 3.65. The van der Waals surface area contributed by atoms with Gasteiger partial charge in [0.25, 0.3) is 0 Å². The first-order chi connectivity index (χ1) is 11.6. The molecule has 0 aliphatic rings. The minimum Gasteiger partial charge on any atom is -0.343 e. The lowest BCUT2D eigenvalue weighted by Gasteiger charge is -2.22. The molecule has 0 fully saturated rings. The van der Waals surface area contributed by atoms with Gasteiger partial charge in [0.1, 0.15) is 0 Å². The zero-order valence-corrected chi connectivity index (χ0v) is 14.0. The van der Waals surface area contributed by atoms with Crippen molar-refractivity contribution in [3.05, 3.63) is 44.0 Å². The van der Waals surface area contributed by atoms with Crippen molar-refractivity contribution >= 4 is 17.5 Å². The van der Waals surface area contributed by atoms with Gasteiger partial charge in [-0.15, -0.1) is 0 Å². The lowest BCUT2D eigenvalue weighted by Crippen LogP contribution is -2.34. The van der Waals surface area contributed by atoms with E-state index in [1.807, 2.05) is 10.8 Å². The molecule has 0 saturated carbocycles. The van der Waals surface area contributed by atoms with Gasteiger partial charge in [0.15, 0.2) is 11.6 Å². The lowest BCUT2D eigenvalue weighted by molar-refractivity contribution is -0.132. The van der Waals surface area contributed by atoms with Crippen molar-refractivity contribution in [1.82, 2.24) is 14.5 Å². The number of imidazole rings is 1. The van der Waals surface area contributed by atoms with Gasteiger partial charge in [0.2, 0.25) is 5.91 Å². The fourth-order valence-electron chi connectivity index (χ4n) is 2.26. The molecule has 0 bridgehead atoms. The fraction of sp³-hybridized carbons (Fsp3) is 0.444. The summed E-state index contributed by atoms with van der Waals surface area (Å²) in [5.74, 6) is -0.0360. The van der Waals surface area contributed by atoms with Gasteiger partial charge in [0.05, 0.1) is 6.33 Å². The molecule has 1 amide bonds. The Kier molecular flexibility index (Phi) is 9.04. The van der Waals surface area contributed by atoms with Gasteiger partial charge in [0, 0.05) is 51.3 Å². The number of hydrogen-bond acceptors (Lipinski definition) is 4. The maximum absolute atomic E-state index is 12.4. The number of hydrogen-bond donors (Lipinski definition) is 0. The number of carbonyl (C=O) groups excluding carboxylic acids is 3. The Bertz CT molecular complexity index is 538. The molecule has 0 unspecified atom stereocenters. The minimum atomic E-state index is -0.0253. The number of aromatic nitrogens is 2. The molecule has 0 atom stereocenters. The van der Waals surface area contributed by atoms with Crippen molar-refractivity contribution < 1.29 is 14.4 Å². The number of ketones is 2. The molecule has 0 saturated heterocycles. The lowest BCUT2D eigenvalue weighted by atomic mass is 10.1. The molecule has 1 aromatic rings. The second kappa shape index (κ2) is 11.1. The Balaban J connectivity index is 2.48. The van der Waals surface area contributed by atoms with Crippen LogP contribution < -0.4 is 0 Å². The monoisotopic (exact) mass is 331 g/mol. The summed E-state index contributed by atoms with van der Waals surface area (Å²) in [7, 11) is 0. The standard InChI is InChI=1S/C18H25N3O3/c1-3-16(22)7-5-11-21(12-6-8-17(23)4-2)18(24)9-13-20-14-10-19-15-20/h3-4,10,14-15H,1-2,5-9,11-13H2. The largest absolute Gasteiger partial charge is 0.343 e. The molecule has 6 heteroatoms. The summed E-state index contributed by atoms with van der Waals surface area (Å²) in [5, 5.41) is 0. The van der Waals surface area contributed by atoms with Crippen LogP contribution in [-0.2, 0) is 20.9 Å². The summed E-state index contributed by atoms with van der Waals surface area (Å²) in [6.45, 7) is 8.46. The van der Waals surface area contributed by atoms with Gasteiger partial charge >= 0.3 is 0 Å². The molecule has 0 aliphatic carbocycles. The Morgan fingerprint density at radius 1 is 1.00 bits per heavy atom. The molecule has 0 N–H and O–H groups in total. The van der Waals surface area contributed by atoms with Crippen LogP contribution in [0.3, 0.4) is 0 Å². The predicted octanol–water partition coefficient (Wildman–Crippen LogP) is 2.17. The molecule has 0 aliphatic heterocycles. The smallest absolute Gasteiger partial charge is 0.224 e. The second-order valence-corrected chi connectivity index (χ2v) is 5.48.